The van der Waals surface area contributed by atoms with Gasteiger partial charge in [-0.25, -0.2) is 8.42 Å². The molecule has 0 saturated heterocycles. The van der Waals surface area contributed by atoms with Crippen LogP contribution in [0.3, 0.4) is 0 Å². The van der Waals surface area contributed by atoms with E-state index in [2.05, 4.69) is 10.6 Å². The van der Waals surface area contributed by atoms with E-state index in [9.17, 15) is 18.0 Å². The second-order valence-electron chi connectivity index (χ2n) is 5.52. The molecule has 0 aliphatic carbocycles. The first-order chi connectivity index (χ1) is 11.2. The fourth-order valence-electron chi connectivity index (χ4n) is 2.13. The van der Waals surface area contributed by atoms with Gasteiger partial charge >= 0.3 is 0 Å². The lowest BCUT2D eigenvalue weighted by Gasteiger charge is -2.18. The molecule has 1 aromatic carbocycles. The number of carbonyl (C=O) groups is 2. The summed E-state index contributed by atoms with van der Waals surface area (Å²) in [5.41, 5.74) is 0.297. The fourth-order valence-corrected chi connectivity index (χ4v) is 3.58. The number of hydrogen-bond acceptors (Lipinski definition) is 4. The average molecular weight is 355 g/mol. The molecule has 8 heteroatoms. The lowest BCUT2D eigenvalue weighted by atomic mass is 10.2. The Morgan fingerprint density at radius 1 is 1.08 bits per heavy atom. The summed E-state index contributed by atoms with van der Waals surface area (Å²) in [4.78, 5) is 23.6. The van der Waals surface area contributed by atoms with Gasteiger partial charge in [-0.05, 0) is 38.1 Å². The summed E-state index contributed by atoms with van der Waals surface area (Å²) < 4.78 is 26.1. The van der Waals surface area contributed by atoms with Crippen molar-refractivity contribution in [2.75, 3.05) is 19.6 Å². The van der Waals surface area contributed by atoms with Gasteiger partial charge in [0.25, 0.3) is 5.91 Å². The number of rotatable bonds is 8. The summed E-state index contributed by atoms with van der Waals surface area (Å²) in [6.07, 6.45) is 0. The van der Waals surface area contributed by atoms with Crippen LogP contribution < -0.4 is 10.6 Å². The number of benzene rings is 1. The third kappa shape index (κ3) is 5.31. The van der Waals surface area contributed by atoms with E-state index >= 15 is 0 Å². The highest BCUT2D eigenvalue weighted by Gasteiger charge is 2.21. The molecular formula is C16H25N3O4S. The lowest BCUT2D eigenvalue weighted by molar-refractivity contribution is -0.120. The van der Waals surface area contributed by atoms with Crippen molar-refractivity contribution in [1.29, 1.82) is 0 Å². The highest BCUT2D eigenvalue weighted by Crippen LogP contribution is 2.16. The van der Waals surface area contributed by atoms with Gasteiger partial charge in [-0.1, -0.05) is 13.8 Å². The molecule has 0 unspecified atom stereocenters. The van der Waals surface area contributed by atoms with Crippen molar-refractivity contribution in [1.82, 2.24) is 14.9 Å². The molecule has 0 heterocycles. The van der Waals surface area contributed by atoms with E-state index in [-0.39, 0.29) is 23.4 Å². The maximum atomic E-state index is 12.4. The van der Waals surface area contributed by atoms with Crippen molar-refractivity contribution < 1.29 is 18.0 Å². The minimum Gasteiger partial charge on any atom is -0.352 e. The number of nitrogens with zero attached hydrogens (tertiary/aromatic N) is 1. The lowest BCUT2D eigenvalue weighted by Crippen LogP contribution is -2.39. The highest BCUT2D eigenvalue weighted by atomic mass is 32.2. The Labute approximate surface area is 143 Å². The molecule has 0 atom stereocenters. The second-order valence-corrected chi connectivity index (χ2v) is 7.46. The summed E-state index contributed by atoms with van der Waals surface area (Å²) in [6.45, 7) is 7.83. The molecule has 0 spiro atoms. The van der Waals surface area contributed by atoms with Crippen LogP contribution in [0.15, 0.2) is 29.2 Å². The zero-order chi connectivity index (χ0) is 18.3. The Morgan fingerprint density at radius 3 is 2.08 bits per heavy atom. The third-order valence-corrected chi connectivity index (χ3v) is 5.38. The first-order valence-electron chi connectivity index (χ1n) is 7.90. The van der Waals surface area contributed by atoms with Crippen molar-refractivity contribution in [3.8, 4) is 0 Å². The predicted octanol–water partition coefficient (Wildman–Crippen LogP) is 0.972. The van der Waals surface area contributed by atoms with E-state index in [1.165, 1.54) is 28.6 Å². The first-order valence-corrected chi connectivity index (χ1v) is 9.34. The first kappa shape index (κ1) is 20.1. The van der Waals surface area contributed by atoms with Crippen molar-refractivity contribution >= 4 is 21.8 Å². The Hall–Kier alpha value is -1.93. The molecule has 1 aromatic rings. The van der Waals surface area contributed by atoms with Crippen molar-refractivity contribution in [2.45, 2.75) is 38.6 Å². The molecule has 134 valence electrons. The molecule has 0 aromatic heterocycles. The van der Waals surface area contributed by atoms with Gasteiger partial charge in [0.1, 0.15) is 0 Å². The standard InChI is InChI=1S/C16H25N3O4S/c1-5-19(6-2)24(22,23)14-9-7-13(8-10-14)16(21)17-11-15(20)18-12(3)4/h7-10,12H,5-6,11H2,1-4H3,(H,17,21)(H,18,20). The second kappa shape index (κ2) is 8.79. The zero-order valence-corrected chi connectivity index (χ0v) is 15.3. The molecule has 0 radical (unpaired) electrons. The summed E-state index contributed by atoms with van der Waals surface area (Å²) >= 11 is 0. The molecule has 0 aliphatic heterocycles. The number of sulfonamides is 1. The molecule has 7 nitrogen and oxygen atoms in total. The van der Waals surface area contributed by atoms with Gasteiger partial charge in [-0.3, -0.25) is 9.59 Å². The van der Waals surface area contributed by atoms with E-state index in [0.717, 1.165) is 0 Å². The van der Waals surface area contributed by atoms with Crippen molar-refractivity contribution in [2.24, 2.45) is 0 Å². The Kier molecular flexibility index (Phi) is 7.37. The van der Waals surface area contributed by atoms with Crippen LogP contribution in [-0.4, -0.2) is 50.2 Å². The van der Waals surface area contributed by atoms with Gasteiger partial charge in [0.05, 0.1) is 11.4 Å². The normalized spacial score (nSPS) is 11.6. The van der Waals surface area contributed by atoms with Gasteiger partial charge in [0.2, 0.25) is 15.9 Å². The van der Waals surface area contributed by atoms with E-state index in [4.69, 9.17) is 0 Å². The van der Waals surface area contributed by atoms with Gasteiger partial charge < -0.3 is 10.6 Å². The summed E-state index contributed by atoms with van der Waals surface area (Å²) in [7, 11) is -3.55. The molecule has 0 saturated carbocycles. The number of hydrogen-bond donors (Lipinski definition) is 2. The summed E-state index contributed by atoms with van der Waals surface area (Å²) in [6, 6.07) is 5.67. The maximum Gasteiger partial charge on any atom is 0.251 e. The molecule has 24 heavy (non-hydrogen) atoms. The van der Waals surface area contributed by atoms with E-state index in [1.54, 1.807) is 13.8 Å². The molecule has 0 bridgehead atoms. The smallest absolute Gasteiger partial charge is 0.251 e. The van der Waals surface area contributed by atoms with Gasteiger partial charge in [0.15, 0.2) is 0 Å². The van der Waals surface area contributed by atoms with Crippen LogP contribution in [0.25, 0.3) is 0 Å². The minimum atomic E-state index is -3.55. The minimum absolute atomic E-state index is 0.000954. The van der Waals surface area contributed by atoms with E-state index in [0.29, 0.717) is 18.7 Å². The topological polar surface area (TPSA) is 95.6 Å². The number of amides is 2. The highest BCUT2D eigenvalue weighted by molar-refractivity contribution is 7.89. The van der Waals surface area contributed by atoms with Crippen LogP contribution in [0.2, 0.25) is 0 Å². The Morgan fingerprint density at radius 2 is 1.62 bits per heavy atom. The fraction of sp³-hybridized carbons (Fsp3) is 0.500. The quantitative estimate of drug-likeness (QED) is 0.726. The van der Waals surface area contributed by atoms with Crippen LogP contribution in [0.1, 0.15) is 38.1 Å². The van der Waals surface area contributed by atoms with Crippen LogP contribution in [0, 0.1) is 0 Å². The van der Waals surface area contributed by atoms with E-state index in [1.807, 2.05) is 13.8 Å². The van der Waals surface area contributed by atoms with Gasteiger partial charge in [-0.2, -0.15) is 4.31 Å². The monoisotopic (exact) mass is 355 g/mol. The number of carbonyl (C=O) groups excluding carboxylic acids is 2. The average Bonchev–Trinajstić information content (AvgIpc) is 2.53. The van der Waals surface area contributed by atoms with Crippen molar-refractivity contribution in [3.63, 3.8) is 0 Å². The Balaban J connectivity index is 2.77. The summed E-state index contributed by atoms with van der Waals surface area (Å²) in [5.74, 6) is -0.709. The molecule has 2 N–H and O–H groups in total. The summed E-state index contributed by atoms with van der Waals surface area (Å²) in [5, 5.41) is 5.16. The molecular weight excluding hydrogens is 330 g/mol. The number of nitrogens with one attached hydrogen (secondary N) is 2. The molecule has 0 fully saturated rings. The molecule has 0 aliphatic rings. The van der Waals surface area contributed by atoms with E-state index < -0.39 is 15.9 Å². The van der Waals surface area contributed by atoms with Crippen molar-refractivity contribution in [3.05, 3.63) is 29.8 Å². The van der Waals surface area contributed by atoms with Crippen LogP contribution in [0.4, 0.5) is 0 Å². The largest absolute Gasteiger partial charge is 0.352 e. The SMILES string of the molecule is CCN(CC)S(=O)(=O)c1ccc(C(=O)NCC(=O)NC(C)C)cc1. The third-order valence-electron chi connectivity index (χ3n) is 3.32. The molecule has 2 amide bonds. The van der Waals surface area contributed by atoms with Crippen LogP contribution in [0.5, 0.6) is 0 Å². The molecule has 1 rings (SSSR count). The Bertz CT molecular complexity index is 665. The van der Waals surface area contributed by atoms with Crippen LogP contribution in [-0.2, 0) is 14.8 Å². The van der Waals surface area contributed by atoms with Gasteiger partial charge in [-0.15, -0.1) is 0 Å². The maximum absolute atomic E-state index is 12.4. The zero-order valence-electron chi connectivity index (χ0n) is 14.5. The predicted molar refractivity (Wildman–Crippen MR) is 92.2 cm³/mol. The van der Waals surface area contributed by atoms with Crippen LogP contribution >= 0.6 is 0 Å². The van der Waals surface area contributed by atoms with Gasteiger partial charge in [0, 0.05) is 24.7 Å².